The third kappa shape index (κ3) is 1.71. The zero-order valence-corrected chi connectivity index (χ0v) is 8.25. The summed E-state index contributed by atoms with van der Waals surface area (Å²) in [7, 11) is 0. The molecule has 1 aromatic heterocycles. The highest BCUT2D eigenvalue weighted by molar-refractivity contribution is 7.99. The molecule has 0 saturated carbocycles. The lowest BCUT2D eigenvalue weighted by atomic mass is 10.1. The Bertz CT molecular complexity index is 289. The van der Waals surface area contributed by atoms with Gasteiger partial charge in [-0.1, -0.05) is 12.1 Å². The minimum atomic E-state index is -0.324. The number of hydrogen-bond donors (Lipinski definition) is 1. The molecule has 0 aliphatic carbocycles. The maximum absolute atomic E-state index is 9.58. The van der Waals surface area contributed by atoms with Gasteiger partial charge in [0.1, 0.15) is 0 Å². The van der Waals surface area contributed by atoms with Gasteiger partial charge in [-0.05, 0) is 0 Å². The molecule has 1 aliphatic rings. The minimum absolute atomic E-state index is 0.0396. The fraction of sp³-hybridized carbons (Fsp3) is 0.750. The first-order valence-corrected chi connectivity index (χ1v) is 5.55. The highest BCUT2D eigenvalue weighted by atomic mass is 32.2. The van der Waals surface area contributed by atoms with E-state index < -0.39 is 0 Å². The van der Waals surface area contributed by atoms with Gasteiger partial charge in [0.2, 0.25) is 5.89 Å². The van der Waals surface area contributed by atoms with Gasteiger partial charge in [-0.3, -0.25) is 0 Å². The Kier molecular flexibility index (Phi) is 2.55. The molecular formula is C8H12N2O2S. The largest absolute Gasteiger partial charge is 0.391 e. The van der Waals surface area contributed by atoms with Crippen LogP contribution in [0.2, 0.25) is 0 Å². The van der Waals surface area contributed by atoms with Crippen LogP contribution < -0.4 is 0 Å². The van der Waals surface area contributed by atoms with E-state index in [0.717, 1.165) is 23.8 Å². The van der Waals surface area contributed by atoms with Gasteiger partial charge in [-0.25, -0.2) is 0 Å². The van der Waals surface area contributed by atoms with Gasteiger partial charge in [0.05, 0.1) is 12.0 Å². The van der Waals surface area contributed by atoms with Crippen molar-refractivity contribution < 1.29 is 9.63 Å². The zero-order chi connectivity index (χ0) is 9.26. The molecule has 0 amide bonds. The van der Waals surface area contributed by atoms with Crippen LogP contribution in [-0.2, 0) is 6.42 Å². The van der Waals surface area contributed by atoms with Crippen LogP contribution >= 0.6 is 11.8 Å². The van der Waals surface area contributed by atoms with Crippen molar-refractivity contribution in [3.63, 3.8) is 0 Å². The first-order chi connectivity index (χ1) is 6.31. The normalized spacial score (nSPS) is 28.2. The highest BCUT2D eigenvalue weighted by Crippen LogP contribution is 2.31. The van der Waals surface area contributed by atoms with Crippen LogP contribution in [0.25, 0.3) is 0 Å². The number of thioether (sulfide) groups is 1. The predicted octanol–water partition coefficient (Wildman–Crippen LogP) is 0.823. The van der Waals surface area contributed by atoms with Crippen LogP contribution in [0, 0.1) is 0 Å². The maximum atomic E-state index is 9.58. The van der Waals surface area contributed by atoms with Gasteiger partial charge >= 0.3 is 0 Å². The highest BCUT2D eigenvalue weighted by Gasteiger charge is 2.31. The summed E-state index contributed by atoms with van der Waals surface area (Å²) in [6.07, 6.45) is 0.453. The lowest BCUT2D eigenvalue weighted by Gasteiger charge is -2.06. The Balaban J connectivity index is 2.15. The molecule has 2 heterocycles. The van der Waals surface area contributed by atoms with Gasteiger partial charge in [0, 0.05) is 17.9 Å². The summed E-state index contributed by atoms with van der Waals surface area (Å²) in [6.45, 7) is 1.98. The Labute approximate surface area is 80.7 Å². The summed E-state index contributed by atoms with van der Waals surface area (Å²) in [5.74, 6) is 3.01. The zero-order valence-electron chi connectivity index (χ0n) is 7.43. The quantitative estimate of drug-likeness (QED) is 0.766. The number of aliphatic hydroxyl groups is 1. The molecule has 2 rings (SSSR count). The van der Waals surface area contributed by atoms with Crippen LogP contribution in [0.5, 0.6) is 0 Å². The van der Waals surface area contributed by atoms with Crippen molar-refractivity contribution in [1.29, 1.82) is 0 Å². The lowest BCUT2D eigenvalue weighted by Crippen LogP contribution is -2.15. The second-order valence-electron chi connectivity index (χ2n) is 3.11. The molecule has 72 valence electrons. The molecule has 2 unspecified atom stereocenters. The molecule has 13 heavy (non-hydrogen) atoms. The van der Waals surface area contributed by atoms with Crippen LogP contribution in [-0.4, -0.2) is 32.9 Å². The van der Waals surface area contributed by atoms with Gasteiger partial charge < -0.3 is 9.63 Å². The summed E-state index contributed by atoms with van der Waals surface area (Å²) >= 11 is 1.72. The third-order valence-corrected chi connectivity index (χ3v) is 3.34. The molecule has 1 saturated heterocycles. The van der Waals surface area contributed by atoms with Gasteiger partial charge in [-0.2, -0.15) is 16.7 Å². The van der Waals surface area contributed by atoms with Crippen molar-refractivity contribution in [3.05, 3.63) is 11.7 Å². The topological polar surface area (TPSA) is 59.2 Å². The number of rotatable bonds is 2. The summed E-state index contributed by atoms with van der Waals surface area (Å²) in [5.41, 5.74) is 0. The van der Waals surface area contributed by atoms with Crippen LogP contribution in [0.3, 0.4) is 0 Å². The molecule has 0 aromatic carbocycles. The van der Waals surface area contributed by atoms with Crippen molar-refractivity contribution in [2.75, 3.05) is 11.5 Å². The van der Waals surface area contributed by atoms with Gasteiger partial charge in [-0.15, -0.1) is 0 Å². The fourth-order valence-electron chi connectivity index (χ4n) is 1.34. The smallest absolute Gasteiger partial charge is 0.233 e. The predicted molar refractivity (Wildman–Crippen MR) is 49.7 cm³/mol. The molecule has 4 nitrogen and oxygen atoms in total. The van der Waals surface area contributed by atoms with E-state index in [4.69, 9.17) is 4.52 Å². The number of aromatic nitrogens is 2. The Morgan fingerprint density at radius 2 is 2.46 bits per heavy atom. The SMILES string of the molecule is CCc1noc(C2CSCC2O)n1. The first-order valence-electron chi connectivity index (χ1n) is 4.39. The lowest BCUT2D eigenvalue weighted by molar-refractivity contribution is 0.164. The minimum Gasteiger partial charge on any atom is -0.391 e. The fourth-order valence-corrected chi connectivity index (χ4v) is 2.57. The number of nitrogens with zero attached hydrogens (tertiary/aromatic N) is 2. The van der Waals surface area contributed by atoms with E-state index in [1.54, 1.807) is 11.8 Å². The monoisotopic (exact) mass is 200 g/mol. The van der Waals surface area contributed by atoms with E-state index in [9.17, 15) is 5.11 Å². The summed E-state index contributed by atoms with van der Waals surface area (Å²) < 4.78 is 5.08. The van der Waals surface area contributed by atoms with Crippen LogP contribution in [0.15, 0.2) is 4.52 Å². The van der Waals surface area contributed by atoms with E-state index in [1.165, 1.54) is 0 Å². The number of aliphatic hydroxyl groups excluding tert-OH is 1. The van der Waals surface area contributed by atoms with Crippen molar-refractivity contribution in [1.82, 2.24) is 10.1 Å². The van der Waals surface area contributed by atoms with Crippen LogP contribution in [0.4, 0.5) is 0 Å². The van der Waals surface area contributed by atoms with Crippen molar-refractivity contribution in [2.24, 2.45) is 0 Å². The number of hydrogen-bond acceptors (Lipinski definition) is 5. The first kappa shape index (κ1) is 9.02. The molecule has 5 heteroatoms. The van der Waals surface area contributed by atoms with Crippen molar-refractivity contribution >= 4 is 11.8 Å². The van der Waals surface area contributed by atoms with Crippen molar-refractivity contribution in [2.45, 2.75) is 25.4 Å². The Morgan fingerprint density at radius 3 is 3.00 bits per heavy atom. The summed E-state index contributed by atoms with van der Waals surface area (Å²) in [6, 6.07) is 0. The second kappa shape index (κ2) is 3.67. The Hall–Kier alpha value is -0.550. The molecule has 0 spiro atoms. The standard InChI is InChI=1S/C8H12N2O2S/c1-2-7-9-8(12-10-7)5-3-13-4-6(5)11/h5-6,11H,2-4H2,1H3. The van der Waals surface area contributed by atoms with E-state index in [-0.39, 0.29) is 12.0 Å². The van der Waals surface area contributed by atoms with E-state index in [1.807, 2.05) is 6.92 Å². The summed E-state index contributed by atoms with van der Waals surface area (Å²) in [4.78, 5) is 4.21. The average Bonchev–Trinajstić information content (AvgIpc) is 2.71. The summed E-state index contributed by atoms with van der Waals surface area (Å²) in [5, 5.41) is 13.4. The molecule has 0 bridgehead atoms. The van der Waals surface area contributed by atoms with E-state index in [0.29, 0.717) is 5.89 Å². The third-order valence-electron chi connectivity index (χ3n) is 2.17. The van der Waals surface area contributed by atoms with E-state index >= 15 is 0 Å². The van der Waals surface area contributed by atoms with Gasteiger partial charge in [0.15, 0.2) is 5.82 Å². The average molecular weight is 200 g/mol. The molecule has 0 radical (unpaired) electrons. The van der Waals surface area contributed by atoms with E-state index in [2.05, 4.69) is 10.1 Å². The molecule has 1 N–H and O–H groups in total. The van der Waals surface area contributed by atoms with Crippen molar-refractivity contribution in [3.8, 4) is 0 Å². The van der Waals surface area contributed by atoms with Crippen LogP contribution in [0.1, 0.15) is 24.6 Å². The molecule has 1 aliphatic heterocycles. The molecule has 1 aromatic rings. The number of aryl methyl sites for hydroxylation is 1. The van der Waals surface area contributed by atoms with Gasteiger partial charge in [0.25, 0.3) is 0 Å². The second-order valence-corrected chi connectivity index (χ2v) is 4.19. The maximum Gasteiger partial charge on any atom is 0.233 e. The molecule has 2 atom stereocenters. The molecular weight excluding hydrogens is 188 g/mol. The molecule has 1 fully saturated rings. The Morgan fingerprint density at radius 1 is 1.62 bits per heavy atom.